The van der Waals surface area contributed by atoms with Gasteiger partial charge in [0.05, 0.1) is 13.5 Å². The summed E-state index contributed by atoms with van der Waals surface area (Å²) in [5.41, 5.74) is 0. The number of aliphatic hydroxyl groups is 1. The number of methoxy groups -OCH3 is 1. The lowest BCUT2D eigenvalue weighted by Crippen LogP contribution is -2.39. The molecular weight excluding hydrogens is 236 g/mol. The van der Waals surface area contributed by atoms with Crippen LogP contribution in [0.5, 0.6) is 0 Å². The minimum Gasteiger partial charge on any atom is -0.469 e. The molecule has 0 spiro atoms. The van der Waals surface area contributed by atoms with Gasteiger partial charge in [-0.25, -0.2) is 4.72 Å². The fourth-order valence-corrected chi connectivity index (χ4v) is 1.82. The predicted molar refractivity (Wildman–Crippen MR) is 57.9 cm³/mol. The van der Waals surface area contributed by atoms with Crippen LogP contribution in [-0.4, -0.2) is 57.7 Å². The van der Waals surface area contributed by atoms with Gasteiger partial charge in [-0.3, -0.25) is 4.79 Å². The SMILES string of the molecule is COC(=O)CCN(C)S(=O)(=O)NCCCO. The highest BCUT2D eigenvalue weighted by atomic mass is 32.2. The Kier molecular flexibility index (Phi) is 7.22. The van der Waals surface area contributed by atoms with E-state index in [4.69, 9.17) is 5.11 Å². The third kappa shape index (κ3) is 6.01. The molecule has 0 aliphatic carbocycles. The van der Waals surface area contributed by atoms with E-state index in [1.165, 1.54) is 14.2 Å². The van der Waals surface area contributed by atoms with Crippen LogP contribution in [0.4, 0.5) is 0 Å². The fraction of sp³-hybridized carbons (Fsp3) is 0.875. The number of nitrogens with zero attached hydrogens (tertiary/aromatic N) is 1. The van der Waals surface area contributed by atoms with E-state index in [2.05, 4.69) is 9.46 Å². The maximum atomic E-state index is 11.5. The Bertz CT molecular complexity index is 304. The summed E-state index contributed by atoms with van der Waals surface area (Å²) in [7, 11) is -0.960. The average molecular weight is 254 g/mol. The summed E-state index contributed by atoms with van der Waals surface area (Å²) >= 11 is 0. The Hall–Kier alpha value is -0.700. The summed E-state index contributed by atoms with van der Waals surface area (Å²) in [6.45, 7) is 0.150. The van der Waals surface area contributed by atoms with Gasteiger partial charge < -0.3 is 9.84 Å². The van der Waals surface area contributed by atoms with Gasteiger partial charge in [0.15, 0.2) is 0 Å². The summed E-state index contributed by atoms with van der Waals surface area (Å²) in [5.74, 6) is -0.461. The first-order valence-corrected chi connectivity index (χ1v) is 6.26. The lowest BCUT2D eigenvalue weighted by atomic mass is 10.4. The van der Waals surface area contributed by atoms with Crippen molar-refractivity contribution < 1.29 is 23.1 Å². The van der Waals surface area contributed by atoms with Crippen molar-refractivity contribution in [3.05, 3.63) is 0 Å². The standard InChI is InChI=1S/C8H18N2O5S/c1-10(6-4-8(12)15-2)16(13,14)9-5-3-7-11/h9,11H,3-7H2,1-2H3. The van der Waals surface area contributed by atoms with Crippen molar-refractivity contribution in [2.24, 2.45) is 0 Å². The lowest BCUT2D eigenvalue weighted by molar-refractivity contribution is -0.140. The number of esters is 1. The van der Waals surface area contributed by atoms with E-state index >= 15 is 0 Å². The quantitative estimate of drug-likeness (QED) is 0.414. The zero-order valence-electron chi connectivity index (χ0n) is 9.47. The minimum atomic E-state index is -3.57. The van der Waals surface area contributed by atoms with Gasteiger partial charge in [0.25, 0.3) is 10.2 Å². The molecule has 2 N–H and O–H groups in total. The lowest BCUT2D eigenvalue weighted by Gasteiger charge is -2.16. The van der Waals surface area contributed by atoms with Crippen molar-refractivity contribution in [2.45, 2.75) is 12.8 Å². The Labute approximate surface area is 95.6 Å². The van der Waals surface area contributed by atoms with E-state index in [9.17, 15) is 13.2 Å². The number of ether oxygens (including phenoxy) is 1. The third-order valence-corrected chi connectivity index (χ3v) is 3.46. The Morgan fingerprint density at radius 1 is 1.50 bits per heavy atom. The number of hydrogen-bond donors (Lipinski definition) is 2. The van der Waals surface area contributed by atoms with Crippen LogP contribution >= 0.6 is 0 Å². The molecule has 0 atom stereocenters. The van der Waals surface area contributed by atoms with E-state index < -0.39 is 16.2 Å². The van der Waals surface area contributed by atoms with Gasteiger partial charge in [0, 0.05) is 26.7 Å². The summed E-state index contributed by atoms with van der Waals surface area (Å²) in [5, 5.41) is 8.50. The average Bonchev–Trinajstić information content (AvgIpc) is 2.25. The highest BCUT2D eigenvalue weighted by Crippen LogP contribution is 1.96. The zero-order valence-corrected chi connectivity index (χ0v) is 10.3. The molecular formula is C8H18N2O5S. The first-order valence-electron chi connectivity index (χ1n) is 4.82. The number of rotatable bonds is 8. The first-order chi connectivity index (χ1) is 7.44. The largest absolute Gasteiger partial charge is 0.469 e. The Morgan fingerprint density at radius 2 is 2.12 bits per heavy atom. The number of hydrogen-bond acceptors (Lipinski definition) is 5. The molecule has 0 aromatic rings. The summed E-state index contributed by atoms with van der Waals surface area (Å²) in [6, 6.07) is 0. The molecule has 0 aromatic heterocycles. The topological polar surface area (TPSA) is 95.9 Å². The van der Waals surface area contributed by atoms with Gasteiger partial charge in [-0.2, -0.15) is 12.7 Å². The Morgan fingerprint density at radius 3 is 2.62 bits per heavy atom. The molecule has 0 saturated heterocycles. The van der Waals surface area contributed by atoms with Gasteiger partial charge in [-0.05, 0) is 6.42 Å². The van der Waals surface area contributed by atoms with Gasteiger partial charge in [0.1, 0.15) is 0 Å². The summed E-state index contributed by atoms with van der Waals surface area (Å²) < 4.78 is 30.7. The molecule has 96 valence electrons. The number of aliphatic hydroxyl groups excluding tert-OH is 1. The smallest absolute Gasteiger partial charge is 0.306 e. The van der Waals surface area contributed by atoms with Crippen LogP contribution in [-0.2, 0) is 19.7 Å². The van der Waals surface area contributed by atoms with Crippen LogP contribution in [0.3, 0.4) is 0 Å². The molecule has 8 heteroatoms. The molecule has 0 aliphatic heterocycles. The van der Waals surface area contributed by atoms with E-state index in [0.29, 0.717) is 6.42 Å². The molecule has 0 amide bonds. The first kappa shape index (κ1) is 15.3. The molecule has 0 aromatic carbocycles. The van der Waals surface area contributed by atoms with E-state index in [-0.39, 0.29) is 26.1 Å². The van der Waals surface area contributed by atoms with Crippen LogP contribution in [0, 0.1) is 0 Å². The van der Waals surface area contributed by atoms with Crippen molar-refractivity contribution in [2.75, 3.05) is 33.9 Å². The van der Waals surface area contributed by atoms with Gasteiger partial charge >= 0.3 is 5.97 Å². The maximum Gasteiger partial charge on any atom is 0.306 e. The molecule has 0 aliphatic rings. The Balaban J connectivity index is 4.04. The van der Waals surface area contributed by atoms with E-state index in [0.717, 1.165) is 4.31 Å². The molecule has 0 rings (SSSR count). The molecule has 0 heterocycles. The van der Waals surface area contributed by atoms with Crippen LogP contribution < -0.4 is 4.72 Å². The second-order valence-electron chi connectivity index (χ2n) is 3.12. The highest BCUT2D eigenvalue weighted by molar-refractivity contribution is 7.87. The maximum absolute atomic E-state index is 11.5. The molecule has 0 radical (unpaired) electrons. The highest BCUT2D eigenvalue weighted by Gasteiger charge is 2.17. The summed E-state index contributed by atoms with van der Waals surface area (Å²) in [4.78, 5) is 10.8. The van der Waals surface area contributed by atoms with Crippen molar-refractivity contribution >= 4 is 16.2 Å². The third-order valence-electron chi connectivity index (χ3n) is 1.89. The van der Waals surface area contributed by atoms with Crippen LogP contribution in [0.25, 0.3) is 0 Å². The van der Waals surface area contributed by atoms with Gasteiger partial charge in [-0.1, -0.05) is 0 Å². The summed E-state index contributed by atoms with van der Waals surface area (Å²) in [6.07, 6.45) is 0.359. The number of carbonyl (C=O) groups is 1. The second kappa shape index (κ2) is 7.55. The number of carbonyl (C=O) groups excluding carboxylic acids is 1. The van der Waals surface area contributed by atoms with Crippen molar-refractivity contribution in [3.63, 3.8) is 0 Å². The molecule has 0 bridgehead atoms. The van der Waals surface area contributed by atoms with Crippen molar-refractivity contribution in [1.29, 1.82) is 0 Å². The normalized spacial score (nSPS) is 11.8. The van der Waals surface area contributed by atoms with Gasteiger partial charge in [-0.15, -0.1) is 0 Å². The van der Waals surface area contributed by atoms with E-state index in [1.807, 2.05) is 0 Å². The van der Waals surface area contributed by atoms with Gasteiger partial charge in [0.2, 0.25) is 0 Å². The number of nitrogens with one attached hydrogen (secondary N) is 1. The van der Waals surface area contributed by atoms with Crippen LogP contribution in [0.1, 0.15) is 12.8 Å². The van der Waals surface area contributed by atoms with Crippen LogP contribution in [0.2, 0.25) is 0 Å². The molecule has 0 fully saturated rings. The molecule has 16 heavy (non-hydrogen) atoms. The molecule has 0 saturated carbocycles. The fourth-order valence-electron chi connectivity index (χ4n) is 0.861. The monoisotopic (exact) mass is 254 g/mol. The van der Waals surface area contributed by atoms with E-state index in [1.54, 1.807) is 0 Å². The second-order valence-corrected chi connectivity index (χ2v) is 4.99. The van der Waals surface area contributed by atoms with Crippen molar-refractivity contribution in [1.82, 2.24) is 9.03 Å². The molecule has 7 nitrogen and oxygen atoms in total. The minimum absolute atomic E-state index is 0.00785. The molecule has 0 unspecified atom stereocenters. The van der Waals surface area contributed by atoms with Crippen LogP contribution in [0.15, 0.2) is 0 Å². The zero-order chi connectivity index (χ0) is 12.6. The predicted octanol–water partition coefficient (Wildman–Crippen LogP) is -1.30. The van der Waals surface area contributed by atoms with Crippen molar-refractivity contribution in [3.8, 4) is 0 Å².